The first-order valence-corrected chi connectivity index (χ1v) is 10.2. The Labute approximate surface area is 179 Å². The molecule has 0 heterocycles. The van der Waals surface area contributed by atoms with Gasteiger partial charge in [0.05, 0.1) is 12.0 Å². The fourth-order valence-corrected chi connectivity index (χ4v) is 3.19. The molecule has 0 aliphatic heterocycles. The summed E-state index contributed by atoms with van der Waals surface area (Å²) >= 11 is 0. The molecule has 0 fully saturated rings. The Balaban J connectivity index is 1.83. The summed E-state index contributed by atoms with van der Waals surface area (Å²) in [6.45, 7) is 11.3. The van der Waals surface area contributed by atoms with E-state index >= 15 is 0 Å². The molecule has 162 valence electrons. The molecule has 0 saturated carbocycles. The van der Waals surface area contributed by atoms with Crippen LogP contribution in [0.3, 0.4) is 0 Å². The van der Waals surface area contributed by atoms with Crippen LogP contribution in [0.25, 0.3) is 0 Å². The van der Waals surface area contributed by atoms with E-state index in [2.05, 4.69) is 0 Å². The third-order valence-corrected chi connectivity index (χ3v) is 5.25. The number of aryl methyl sites for hydroxylation is 4. The van der Waals surface area contributed by atoms with Crippen molar-refractivity contribution in [3.05, 3.63) is 58.1 Å². The molecule has 0 saturated heterocycles. The number of hydrogen-bond acceptors (Lipinski definition) is 5. The van der Waals surface area contributed by atoms with Crippen LogP contribution in [0.4, 0.5) is 0 Å². The van der Waals surface area contributed by atoms with Gasteiger partial charge >= 0.3 is 5.97 Å². The number of ether oxygens (including phenoxy) is 2. The maximum Gasteiger partial charge on any atom is 0.311 e. The lowest BCUT2D eigenvalue weighted by Crippen LogP contribution is -2.29. The van der Waals surface area contributed by atoms with Crippen molar-refractivity contribution in [3.8, 4) is 11.5 Å². The second kappa shape index (κ2) is 9.79. The number of aromatic hydroxyl groups is 1. The molecule has 2 aromatic carbocycles. The first-order chi connectivity index (χ1) is 14.0. The molecule has 0 radical (unpaired) electrons. The number of hydrogen-bond donors (Lipinski definition) is 1. The van der Waals surface area contributed by atoms with Gasteiger partial charge in [0, 0.05) is 5.56 Å². The van der Waals surface area contributed by atoms with Crippen LogP contribution in [-0.4, -0.2) is 30.1 Å². The number of phenolic OH excluding ortho intramolecular Hbond substituents is 1. The summed E-state index contributed by atoms with van der Waals surface area (Å²) in [5.41, 5.74) is 3.17. The van der Waals surface area contributed by atoms with Crippen molar-refractivity contribution in [2.45, 2.75) is 54.4 Å². The topological polar surface area (TPSA) is 72.8 Å². The largest absolute Gasteiger partial charge is 0.507 e. The summed E-state index contributed by atoms with van der Waals surface area (Å²) in [7, 11) is 0. The number of esters is 1. The number of benzene rings is 2. The first kappa shape index (κ1) is 23.5. The quantitative estimate of drug-likeness (QED) is 0.346. The van der Waals surface area contributed by atoms with Crippen LogP contribution < -0.4 is 4.74 Å². The van der Waals surface area contributed by atoms with Gasteiger partial charge < -0.3 is 14.6 Å². The molecule has 30 heavy (non-hydrogen) atoms. The highest BCUT2D eigenvalue weighted by atomic mass is 16.5. The van der Waals surface area contributed by atoms with Gasteiger partial charge in [0.2, 0.25) is 0 Å². The summed E-state index contributed by atoms with van der Waals surface area (Å²) in [6, 6.07) is 9.29. The molecule has 0 aliphatic carbocycles. The molecule has 0 atom stereocenters. The van der Waals surface area contributed by atoms with Crippen molar-refractivity contribution in [1.82, 2.24) is 0 Å². The average Bonchev–Trinajstić information content (AvgIpc) is 2.69. The van der Waals surface area contributed by atoms with Crippen molar-refractivity contribution in [2.24, 2.45) is 5.41 Å². The van der Waals surface area contributed by atoms with E-state index in [0.717, 1.165) is 16.9 Å². The monoisotopic (exact) mass is 412 g/mol. The average molecular weight is 413 g/mol. The highest BCUT2D eigenvalue weighted by Crippen LogP contribution is 2.26. The van der Waals surface area contributed by atoms with E-state index in [1.807, 2.05) is 45.9 Å². The van der Waals surface area contributed by atoms with Crippen LogP contribution in [0, 0.1) is 33.1 Å². The lowest BCUT2D eigenvalue weighted by atomic mass is 9.88. The van der Waals surface area contributed by atoms with Crippen molar-refractivity contribution < 1.29 is 24.2 Å². The van der Waals surface area contributed by atoms with Crippen LogP contribution in [0.5, 0.6) is 11.5 Å². The zero-order valence-electron chi connectivity index (χ0n) is 18.8. The number of phenols is 1. The number of Topliss-reactive ketones (excluding diaryl/α,β-unsaturated/α-hetero) is 1. The van der Waals surface area contributed by atoms with Gasteiger partial charge in [-0.05, 0) is 94.8 Å². The third-order valence-electron chi connectivity index (χ3n) is 5.25. The minimum Gasteiger partial charge on any atom is -0.507 e. The molecular formula is C25H32O5. The SMILES string of the molecule is Cc1ccc(C)c(OCCCC(C)(C)C(=O)OCC(=O)c2cc(C)c(O)c(C)c2)c1. The van der Waals surface area contributed by atoms with E-state index < -0.39 is 11.4 Å². The first-order valence-electron chi connectivity index (χ1n) is 10.2. The van der Waals surface area contributed by atoms with Gasteiger partial charge in [0.25, 0.3) is 0 Å². The van der Waals surface area contributed by atoms with Crippen LogP contribution >= 0.6 is 0 Å². The van der Waals surface area contributed by atoms with Crippen LogP contribution in [0.2, 0.25) is 0 Å². The molecule has 5 heteroatoms. The van der Waals surface area contributed by atoms with Crippen molar-refractivity contribution in [1.29, 1.82) is 0 Å². The molecular weight excluding hydrogens is 380 g/mol. The summed E-state index contributed by atoms with van der Waals surface area (Å²) in [6.07, 6.45) is 1.28. The predicted molar refractivity (Wildman–Crippen MR) is 117 cm³/mol. The van der Waals surface area contributed by atoms with Crippen LogP contribution in [-0.2, 0) is 9.53 Å². The smallest absolute Gasteiger partial charge is 0.311 e. The Morgan fingerprint density at radius 2 is 1.60 bits per heavy atom. The van der Waals surface area contributed by atoms with Crippen molar-refractivity contribution in [2.75, 3.05) is 13.2 Å². The molecule has 0 amide bonds. The second-order valence-electron chi connectivity index (χ2n) is 8.56. The zero-order valence-corrected chi connectivity index (χ0v) is 18.8. The Kier molecular flexibility index (Phi) is 7.65. The van der Waals surface area contributed by atoms with E-state index in [1.165, 1.54) is 0 Å². The Hall–Kier alpha value is -2.82. The molecule has 0 bridgehead atoms. The highest BCUT2D eigenvalue weighted by Gasteiger charge is 2.29. The summed E-state index contributed by atoms with van der Waals surface area (Å²) in [4.78, 5) is 24.9. The Morgan fingerprint density at radius 3 is 2.23 bits per heavy atom. The molecule has 5 nitrogen and oxygen atoms in total. The lowest BCUT2D eigenvalue weighted by Gasteiger charge is -2.22. The lowest BCUT2D eigenvalue weighted by molar-refractivity contribution is -0.153. The van der Waals surface area contributed by atoms with Gasteiger partial charge in [0.15, 0.2) is 12.4 Å². The van der Waals surface area contributed by atoms with E-state index in [0.29, 0.717) is 36.1 Å². The van der Waals surface area contributed by atoms with E-state index in [1.54, 1.807) is 26.0 Å². The number of rotatable bonds is 9. The zero-order chi connectivity index (χ0) is 22.5. The fourth-order valence-electron chi connectivity index (χ4n) is 3.19. The van der Waals surface area contributed by atoms with Gasteiger partial charge in [0.1, 0.15) is 11.5 Å². The Bertz CT molecular complexity index is 904. The van der Waals surface area contributed by atoms with Crippen LogP contribution in [0.1, 0.15) is 59.3 Å². The number of ketones is 1. The second-order valence-corrected chi connectivity index (χ2v) is 8.56. The number of carbonyl (C=O) groups is 2. The van der Waals surface area contributed by atoms with Gasteiger partial charge in [-0.2, -0.15) is 0 Å². The van der Waals surface area contributed by atoms with Gasteiger partial charge in [-0.25, -0.2) is 0 Å². The highest BCUT2D eigenvalue weighted by molar-refractivity contribution is 5.98. The maximum atomic E-state index is 12.5. The molecule has 1 N–H and O–H groups in total. The maximum absolute atomic E-state index is 12.5. The summed E-state index contributed by atoms with van der Waals surface area (Å²) in [5, 5.41) is 9.83. The van der Waals surface area contributed by atoms with E-state index in [4.69, 9.17) is 9.47 Å². The molecule has 0 aromatic heterocycles. The van der Waals surface area contributed by atoms with Crippen LogP contribution in [0.15, 0.2) is 30.3 Å². The van der Waals surface area contributed by atoms with E-state index in [9.17, 15) is 14.7 Å². The van der Waals surface area contributed by atoms with Gasteiger partial charge in [-0.1, -0.05) is 12.1 Å². The minimum atomic E-state index is -0.716. The summed E-state index contributed by atoms with van der Waals surface area (Å²) < 4.78 is 11.1. The molecule has 0 aliphatic rings. The number of carbonyl (C=O) groups excluding carboxylic acids is 2. The third kappa shape index (κ3) is 6.09. The fraction of sp³-hybridized carbons (Fsp3) is 0.440. The van der Waals surface area contributed by atoms with Gasteiger partial charge in [-0.15, -0.1) is 0 Å². The standard InChI is InChI=1S/C25H32O5/c1-16-8-9-17(2)22(12-16)29-11-7-10-25(5,6)24(28)30-15-21(26)20-13-18(3)23(27)19(4)14-20/h8-9,12-14,27H,7,10-11,15H2,1-6H3. The summed E-state index contributed by atoms with van der Waals surface area (Å²) in [5.74, 6) is 0.339. The van der Waals surface area contributed by atoms with Crippen molar-refractivity contribution >= 4 is 11.8 Å². The minimum absolute atomic E-state index is 0.174. The Morgan fingerprint density at radius 1 is 0.967 bits per heavy atom. The molecule has 0 spiro atoms. The molecule has 2 rings (SSSR count). The van der Waals surface area contributed by atoms with Gasteiger partial charge in [-0.3, -0.25) is 9.59 Å². The predicted octanol–water partition coefficient (Wildman–Crippen LogP) is 5.24. The molecule has 2 aromatic rings. The molecule has 0 unspecified atom stereocenters. The van der Waals surface area contributed by atoms with Crippen molar-refractivity contribution in [3.63, 3.8) is 0 Å². The van der Waals surface area contributed by atoms with E-state index in [-0.39, 0.29) is 18.1 Å². The normalized spacial score (nSPS) is 11.3.